The predicted molar refractivity (Wildman–Crippen MR) is 207 cm³/mol. The number of benzene rings is 8. The molecule has 0 spiro atoms. The molecular weight excluding hydrogens is 577 g/mol. The highest BCUT2D eigenvalue weighted by Gasteiger charge is 2.35. The predicted octanol–water partition coefficient (Wildman–Crippen LogP) is 13.5. The second-order valence-corrected chi connectivity index (χ2v) is 15.5. The van der Waals surface area contributed by atoms with E-state index in [0.717, 1.165) is 0 Å². The zero-order valence-corrected chi connectivity index (χ0v) is 28.7. The van der Waals surface area contributed by atoms with Crippen LogP contribution in [0.25, 0.3) is 76.8 Å². The van der Waals surface area contributed by atoms with E-state index in [1.54, 1.807) is 0 Å². The van der Waals surface area contributed by atoms with Crippen LogP contribution in [0.15, 0.2) is 133 Å². The van der Waals surface area contributed by atoms with E-state index in [-0.39, 0.29) is 10.8 Å². The molecule has 0 unspecified atom stereocenters. The van der Waals surface area contributed by atoms with E-state index in [9.17, 15) is 0 Å². The Morgan fingerprint density at radius 1 is 0.438 bits per heavy atom. The highest BCUT2D eigenvalue weighted by molar-refractivity contribution is 6.26. The molecule has 48 heavy (non-hydrogen) atoms. The Hall–Kier alpha value is -5.20. The number of rotatable bonds is 3. The van der Waals surface area contributed by atoms with E-state index in [4.69, 9.17) is 0 Å². The molecule has 0 N–H and O–H groups in total. The zero-order valence-electron chi connectivity index (χ0n) is 28.7. The Kier molecular flexibility index (Phi) is 6.13. The van der Waals surface area contributed by atoms with Gasteiger partial charge in [0.05, 0.1) is 0 Å². The molecular formula is C48H40. The summed E-state index contributed by atoms with van der Waals surface area (Å²) in [5.41, 5.74) is 16.0. The van der Waals surface area contributed by atoms with Gasteiger partial charge < -0.3 is 0 Å². The standard InChI is InChI=1S/C48H40/c1-29-25-42(41-24-21-36-27-37(47(2,3)4)26-35-20-22-38(29)46(41)45(35)36)33-17-15-31(16-18-33)30-11-13-32(14-12-30)34-19-23-40-39-9-7-8-10-43(39)48(5,6)44(40)28-34/h7-28H,1-6H3. The van der Waals surface area contributed by atoms with E-state index in [1.165, 1.54) is 99.1 Å². The summed E-state index contributed by atoms with van der Waals surface area (Å²) in [4.78, 5) is 0. The van der Waals surface area contributed by atoms with Gasteiger partial charge in [-0.2, -0.15) is 0 Å². The molecule has 0 saturated heterocycles. The third-order valence-corrected chi connectivity index (χ3v) is 11.1. The molecule has 8 aromatic carbocycles. The van der Waals surface area contributed by atoms with Crippen molar-refractivity contribution < 1.29 is 0 Å². The second kappa shape index (κ2) is 10.1. The highest BCUT2D eigenvalue weighted by atomic mass is 14.4. The van der Waals surface area contributed by atoms with Crippen molar-refractivity contribution in [1.82, 2.24) is 0 Å². The Morgan fingerprint density at radius 3 is 1.62 bits per heavy atom. The summed E-state index contributed by atoms with van der Waals surface area (Å²) in [6.07, 6.45) is 0. The average molecular weight is 617 g/mol. The van der Waals surface area contributed by atoms with Gasteiger partial charge in [-0.1, -0.05) is 162 Å². The van der Waals surface area contributed by atoms with E-state index in [1.807, 2.05) is 0 Å². The van der Waals surface area contributed by atoms with E-state index >= 15 is 0 Å². The first kappa shape index (κ1) is 29.0. The highest BCUT2D eigenvalue weighted by Crippen LogP contribution is 2.49. The first-order chi connectivity index (χ1) is 23.1. The van der Waals surface area contributed by atoms with Crippen molar-refractivity contribution in [3.05, 3.63) is 156 Å². The largest absolute Gasteiger partial charge is 0.0619 e. The maximum atomic E-state index is 2.40. The van der Waals surface area contributed by atoms with Crippen molar-refractivity contribution in [3.63, 3.8) is 0 Å². The first-order valence-corrected chi connectivity index (χ1v) is 17.3. The lowest BCUT2D eigenvalue weighted by Crippen LogP contribution is -2.14. The monoisotopic (exact) mass is 616 g/mol. The molecule has 232 valence electrons. The van der Waals surface area contributed by atoms with Crippen molar-refractivity contribution in [2.24, 2.45) is 0 Å². The topological polar surface area (TPSA) is 0 Å². The van der Waals surface area contributed by atoms with E-state index < -0.39 is 0 Å². The molecule has 9 rings (SSSR count). The van der Waals surface area contributed by atoms with Gasteiger partial charge >= 0.3 is 0 Å². The summed E-state index contributed by atoms with van der Waals surface area (Å²) in [5.74, 6) is 0. The lowest BCUT2D eigenvalue weighted by molar-refractivity contribution is 0.591. The van der Waals surface area contributed by atoms with Gasteiger partial charge in [0.25, 0.3) is 0 Å². The van der Waals surface area contributed by atoms with Crippen LogP contribution < -0.4 is 0 Å². The minimum atomic E-state index is 0.00660. The molecule has 0 heteroatoms. The minimum absolute atomic E-state index is 0.00660. The Morgan fingerprint density at radius 2 is 0.979 bits per heavy atom. The summed E-state index contributed by atoms with van der Waals surface area (Å²) in [7, 11) is 0. The molecule has 0 bridgehead atoms. The van der Waals surface area contributed by atoms with E-state index in [0.29, 0.717) is 0 Å². The zero-order chi connectivity index (χ0) is 32.9. The Bertz CT molecular complexity index is 2520. The molecule has 0 saturated carbocycles. The van der Waals surface area contributed by atoms with Crippen LogP contribution in [0.5, 0.6) is 0 Å². The second-order valence-electron chi connectivity index (χ2n) is 15.5. The van der Waals surface area contributed by atoms with Crippen LogP contribution in [0.4, 0.5) is 0 Å². The fourth-order valence-corrected chi connectivity index (χ4v) is 8.34. The van der Waals surface area contributed by atoms with Crippen LogP contribution in [0, 0.1) is 6.92 Å². The summed E-state index contributed by atoms with van der Waals surface area (Å²) in [6.45, 7) is 13.9. The fraction of sp³-hybridized carbons (Fsp3) is 0.167. The van der Waals surface area contributed by atoms with Gasteiger partial charge in [0.2, 0.25) is 0 Å². The number of fused-ring (bicyclic) bond motifs is 3. The lowest BCUT2D eigenvalue weighted by Gasteiger charge is -2.22. The van der Waals surface area contributed by atoms with Crippen molar-refractivity contribution in [3.8, 4) is 44.5 Å². The van der Waals surface area contributed by atoms with Crippen molar-refractivity contribution >= 4 is 32.3 Å². The lowest BCUT2D eigenvalue weighted by atomic mass is 9.81. The van der Waals surface area contributed by atoms with Gasteiger partial charge in [0.1, 0.15) is 0 Å². The molecule has 0 radical (unpaired) electrons. The minimum Gasteiger partial charge on any atom is -0.0619 e. The van der Waals surface area contributed by atoms with Gasteiger partial charge in [-0.3, -0.25) is 0 Å². The van der Waals surface area contributed by atoms with Crippen LogP contribution in [-0.4, -0.2) is 0 Å². The summed E-state index contributed by atoms with van der Waals surface area (Å²) < 4.78 is 0. The fourth-order valence-electron chi connectivity index (χ4n) is 8.34. The van der Waals surface area contributed by atoms with Gasteiger partial charge in [-0.25, -0.2) is 0 Å². The van der Waals surface area contributed by atoms with Gasteiger partial charge in [0, 0.05) is 5.41 Å². The Balaban J connectivity index is 1.05. The van der Waals surface area contributed by atoms with Crippen molar-refractivity contribution in [2.75, 3.05) is 0 Å². The molecule has 0 nitrogen and oxygen atoms in total. The molecule has 0 aromatic heterocycles. The smallest absolute Gasteiger partial charge is 0.0159 e. The maximum Gasteiger partial charge on any atom is 0.0159 e. The number of hydrogen-bond acceptors (Lipinski definition) is 0. The van der Waals surface area contributed by atoms with Gasteiger partial charge in [0.15, 0.2) is 0 Å². The van der Waals surface area contributed by atoms with E-state index in [2.05, 4.69) is 175 Å². The molecule has 0 heterocycles. The van der Waals surface area contributed by atoms with Crippen LogP contribution in [0.2, 0.25) is 0 Å². The molecule has 0 amide bonds. The van der Waals surface area contributed by atoms with Crippen molar-refractivity contribution in [2.45, 2.75) is 52.4 Å². The third-order valence-electron chi connectivity index (χ3n) is 11.1. The van der Waals surface area contributed by atoms with Crippen LogP contribution in [0.3, 0.4) is 0 Å². The SMILES string of the molecule is Cc1cc(-c2ccc(-c3ccc(-c4ccc5c(c4)C(C)(C)c4ccccc4-5)cc3)cc2)c2ccc3cc(C(C)(C)C)cc4ccc1c2c43. The number of aryl methyl sites for hydroxylation is 1. The third kappa shape index (κ3) is 4.29. The summed E-state index contributed by atoms with van der Waals surface area (Å²) in [6, 6.07) is 50.6. The summed E-state index contributed by atoms with van der Waals surface area (Å²) in [5, 5.41) is 8.12. The molecule has 0 atom stereocenters. The summed E-state index contributed by atoms with van der Waals surface area (Å²) >= 11 is 0. The quantitative estimate of drug-likeness (QED) is 0.173. The van der Waals surface area contributed by atoms with Crippen LogP contribution in [-0.2, 0) is 10.8 Å². The molecule has 1 aliphatic carbocycles. The molecule has 0 aliphatic heterocycles. The maximum absolute atomic E-state index is 2.40. The van der Waals surface area contributed by atoms with Crippen molar-refractivity contribution in [1.29, 1.82) is 0 Å². The molecule has 0 fully saturated rings. The van der Waals surface area contributed by atoms with Crippen LogP contribution in [0.1, 0.15) is 56.9 Å². The molecule has 8 aromatic rings. The van der Waals surface area contributed by atoms with Gasteiger partial charge in [-0.05, 0) is 117 Å². The number of hydrogen-bond donors (Lipinski definition) is 0. The molecule has 1 aliphatic rings. The van der Waals surface area contributed by atoms with Crippen LogP contribution >= 0.6 is 0 Å². The van der Waals surface area contributed by atoms with Gasteiger partial charge in [-0.15, -0.1) is 0 Å². The Labute approximate surface area is 284 Å². The normalized spacial score (nSPS) is 13.8. The average Bonchev–Trinajstić information content (AvgIpc) is 3.33. The first-order valence-electron chi connectivity index (χ1n) is 17.3.